The van der Waals surface area contributed by atoms with Gasteiger partial charge in [0, 0.05) is 17.8 Å². The monoisotopic (exact) mass is 226 g/mol. The molecule has 0 aliphatic heterocycles. The first-order chi connectivity index (χ1) is 7.19. The Kier molecular flexibility index (Phi) is 5.26. The molecule has 3 heteroatoms. The maximum atomic E-state index is 4.72. The zero-order valence-corrected chi connectivity index (χ0v) is 11.0. The molecule has 0 radical (unpaired) electrons. The van der Waals surface area contributed by atoms with E-state index in [4.69, 9.17) is 4.98 Å². The Bertz CT molecular complexity index is 281. The average molecular weight is 226 g/mol. The summed E-state index contributed by atoms with van der Waals surface area (Å²) in [5, 5.41) is 6.76. The predicted molar refractivity (Wildman–Crippen MR) is 67.6 cm³/mol. The highest BCUT2D eigenvalue weighted by atomic mass is 32.1. The van der Waals surface area contributed by atoms with Gasteiger partial charge in [-0.1, -0.05) is 27.2 Å². The molecule has 0 fully saturated rings. The topological polar surface area (TPSA) is 24.9 Å². The fourth-order valence-corrected chi connectivity index (χ4v) is 2.82. The second kappa shape index (κ2) is 6.23. The van der Waals surface area contributed by atoms with Crippen molar-refractivity contribution >= 4 is 11.3 Å². The summed E-state index contributed by atoms with van der Waals surface area (Å²) in [5.74, 6) is 1.21. The van der Waals surface area contributed by atoms with Gasteiger partial charge >= 0.3 is 0 Å². The first-order valence-electron chi connectivity index (χ1n) is 5.77. The van der Waals surface area contributed by atoms with Crippen molar-refractivity contribution in [2.45, 2.75) is 39.5 Å². The first-order valence-corrected chi connectivity index (χ1v) is 6.65. The zero-order valence-electron chi connectivity index (χ0n) is 10.2. The normalized spacial score (nSPS) is 13.4. The molecule has 1 N–H and O–H groups in total. The van der Waals surface area contributed by atoms with E-state index < -0.39 is 0 Å². The third-order valence-electron chi connectivity index (χ3n) is 2.62. The molecule has 0 spiro atoms. The number of likely N-dealkylation sites (N-methyl/N-ethyl adjacent to an activating group) is 1. The van der Waals surface area contributed by atoms with Crippen LogP contribution in [0.4, 0.5) is 0 Å². The van der Waals surface area contributed by atoms with Gasteiger partial charge < -0.3 is 5.32 Å². The maximum Gasteiger partial charge on any atom is 0.0974 e. The van der Waals surface area contributed by atoms with Gasteiger partial charge in [-0.15, -0.1) is 11.3 Å². The number of rotatable bonds is 6. The minimum absolute atomic E-state index is 0.561. The van der Waals surface area contributed by atoms with E-state index in [1.807, 2.05) is 18.4 Å². The second-order valence-electron chi connectivity index (χ2n) is 4.34. The Morgan fingerprint density at radius 3 is 2.73 bits per heavy atom. The van der Waals surface area contributed by atoms with Crippen LogP contribution in [-0.4, -0.2) is 18.6 Å². The molecule has 15 heavy (non-hydrogen) atoms. The fraction of sp³-hybridized carbons (Fsp3) is 0.750. The third-order valence-corrected chi connectivity index (χ3v) is 3.65. The minimum Gasteiger partial charge on any atom is -0.319 e. The van der Waals surface area contributed by atoms with Crippen LogP contribution >= 0.6 is 11.3 Å². The molecular weight excluding hydrogens is 204 g/mol. The lowest BCUT2D eigenvalue weighted by Crippen LogP contribution is -2.21. The van der Waals surface area contributed by atoms with Gasteiger partial charge in [0.25, 0.3) is 0 Å². The van der Waals surface area contributed by atoms with Gasteiger partial charge in [0.15, 0.2) is 0 Å². The molecule has 0 aliphatic rings. The van der Waals surface area contributed by atoms with E-state index in [1.54, 1.807) is 0 Å². The maximum absolute atomic E-state index is 4.72. The SMILES string of the molecule is CCCc1csc(C(CNC)C(C)C)n1. The lowest BCUT2D eigenvalue weighted by atomic mass is 9.96. The van der Waals surface area contributed by atoms with Crippen molar-refractivity contribution in [3.8, 4) is 0 Å². The van der Waals surface area contributed by atoms with Gasteiger partial charge in [0.1, 0.15) is 0 Å². The fourth-order valence-electron chi connectivity index (χ4n) is 1.69. The molecule has 0 saturated heterocycles. The largest absolute Gasteiger partial charge is 0.319 e. The van der Waals surface area contributed by atoms with Crippen LogP contribution in [-0.2, 0) is 6.42 Å². The molecule has 1 rings (SSSR count). The summed E-state index contributed by atoms with van der Waals surface area (Å²) in [5.41, 5.74) is 1.26. The van der Waals surface area contributed by atoms with E-state index in [1.165, 1.54) is 17.1 Å². The number of nitrogens with one attached hydrogen (secondary N) is 1. The molecule has 1 aromatic rings. The summed E-state index contributed by atoms with van der Waals surface area (Å²) in [6.07, 6.45) is 2.29. The molecule has 86 valence electrons. The van der Waals surface area contributed by atoms with Crippen LogP contribution in [0.3, 0.4) is 0 Å². The number of nitrogens with zero attached hydrogens (tertiary/aromatic N) is 1. The Balaban J connectivity index is 2.72. The highest BCUT2D eigenvalue weighted by molar-refractivity contribution is 7.09. The summed E-state index contributed by atoms with van der Waals surface area (Å²) in [6, 6.07) is 0. The summed E-state index contributed by atoms with van der Waals surface area (Å²) >= 11 is 1.81. The van der Waals surface area contributed by atoms with E-state index in [2.05, 4.69) is 31.5 Å². The van der Waals surface area contributed by atoms with Crippen LogP contribution in [0.1, 0.15) is 43.8 Å². The van der Waals surface area contributed by atoms with E-state index in [0.29, 0.717) is 11.8 Å². The Morgan fingerprint density at radius 2 is 2.20 bits per heavy atom. The van der Waals surface area contributed by atoms with Crippen LogP contribution < -0.4 is 5.32 Å². The molecule has 0 amide bonds. The van der Waals surface area contributed by atoms with Crippen molar-refractivity contribution in [2.75, 3.05) is 13.6 Å². The van der Waals surface area contributed by atoms with Crippen LogP contribution in [0.2, 0.25) is 0 Å². The molecule has 1 aromatic heterocycles. The summed E-state index contributed by atoms with van der Waals surface area (Å²) in [4.78, 5) is 4.72. The Labute approximate surface area is 97.1 Å². The number of hydrogen-bond donors (Lipinski definition) is 1. The molecule has 1 atom stereocenters. The van der Waals surface area contributed by atoms with Gasteiger partial charge in [-0.25, -0.2) is 4.98 Å². The van der Waals surface area contributed by atoms with Gasteiger partial charge in [-0.3, -0.25) is 0 Å². The van der Waals surface area contributed by atoms with Crippen molar-refractivity contribution in [3.05, 3.63) is 16.1 Å². The lowest BCUT2D eigenvalue weighted by molar-refractivity contribution is 0.476. The smallest absolute Gasteiger partial charge is 0.0974 e. The van der Waals surface area contributed by atoms with Gasteiger partial charge in [0.05, 0.1) is 10.7 Å². The standard InChI is InChI=1S/C12H22N2S/c1-5-6-10-8-15-12(14-10)11(7-13-4)9(2)3/h8-9,11,13H,5-7H2,1-4H3. The third kappa shape index (κ3) is 3.58. The van der Waals surface area contributed by atoms with Crippen molar-refractivity contribution in [1.82, 2.24) is 10.3 Å². The summed E-state index contributed by atoms with van der Waals surface area (Å²) in [6.45, 7) is 7.76. The molecular formula is C12H22N2S. The first kappa shape index (κ1) is 12.7. The minimum atomic E-state index is 0.561. The predicted octanol–water partition coefficient (Wildman–Crippen LogP) is 3.05. The average Bonchev–Trinajstić information content (AvgIpc) is 2.62. The zero-order chi connectivity index (χ0) is 11.3. The number of thiazole rings is 1. The van der Waals surface area contributed by atoms with Crippen molar-refractivity contribution in [3.63, 3.8) is 0 Å². The molecule has 0 aliphatic carbocycles. The van der Waals surface area contributed by atoms with Crippen molar-refractivity contribution in [1.29, 1.82) is 0 Å². The van der Waals surface area contributed by atoms with Crippen LogP contribution in [0.5, 0.6) is 0 Å². The second-order valence-corrected chi connectivity index (χ2v) is 5.22. The molecule has 1 heterocycles. The highest BCUT2D eigenvalue weighted by Crippen LogP contribution is 2.26. The van der Waals surface area contributed by atoms with E-state index in [9.17, 15) is 0 Å². The van der Waals surface area contributed by atoms with E-state index >= 15 is 0 Å². The van der Waals surface area contributed by atoms with Gasteiger partial charge in [-0.05, 0) is 19.4 Å². The summed E-state index contributed by atoms with van der Waals surface area (Å²) < 4.78 is 0. The van der Waals surface area contributed by atoms with Crippen molar-refractivity contribution < 1.29 is 0 Å². The van der Waals surface area contributed by atoms with Crippen molar-refractivity contribution in [2.24, 2.45) is 5.92 Å². The van der Waals surface area contributed by atoms with Gasteiger partial charge in [-0.2, -0.15) is 0 Å². The summed E-state index contributed by atoms with van der Waals surface area (Å²) in [7, 11) is 2.01. The van der Waals surface area contributed by atoms with Crippen LogP contribution in [0, 0.1) is 5.92 Å². The Hall–Kier alpha value is -0.410. The molecule has 2 nitrogen and oxygen atoms in total. The van der Waals surface area contributed by atoms with E-state index in [0.717, 1.165) is 13.0 Å². The molecule has 0 bridgehead atoms. The van der Waals surface area contributed by atoms with Gasteiger partial charge in [0.2, 0.25) is 0 Å². The number of hydrogen-bond acceptors (Lipinski definition) is 3. The molecule has 0 aromatic carbocycles. The number of aromatic nitrogens is 1. The molecule has 0 saturated carbocycles. The quantitative estimate of drug-likeness (QED) is 0.806. The van der Waals surface area contributed by atoms with Crippen LogP contribution in [0.15, 0.2) is 5.38 Å². The Morgan fingerprint density at radius 1 is 1.47 bits per heavy atom. The van der Waals surface area contributed by atoms with E-state index in [-0.39, 0.29) is 0 Å². The molecule has 1 unspecified atom stereocenters. The highest BCUT2D eigenvalue weighted by Gasteiger charge is 2.18. The number of aryl methyl sites for hydroxylation is 1. The van der Waals surface area contributed by atoms with Crippen LogP contribution in [0.25, 0.3) is 0 Å². The lowest BCUT2D eigenvalue weighted by Gasteiger charge is -2.17.